The van der Waals surface area contributed by atoms with Gasteiger partial charge in [-0.25, -0.2) is 0 Å². The van der Waals surface area contributed by atoms with E-state index >= 15 is 0 Å². The Hall–Kier alpha value is -3.77. The summed E-state index contributed by atoms with van der Waals surface area (Å²) >= 11 is 6.10. The molecule has 0 aromatic heterocycles. The highest BCUT2D eigenvalue weighted by Crippen LogP contribution is 2.43. The smallest absolute Gasteiger partial charge is 0.300 e. The number of para-hydroxylation sites is 1. The largest absolute Gasteiger partial charge is 0.508 e. The van der Waals surface area contributed by atoms with Gasteiger partial charge in [0.15, 0.2) is 0 Å². The quantitative estimate of drug-likeness (QED) is 0.333. The van der Waals surface area contributed by atoms with Crippen LogP contribution in [-0.2, 0) is 9.59 Å². The van der Waals surface area contributed by atoms with E-state index < -0.39 is 17.7 Å². The molecule has 1 saturated heterocycles. The number of rotatable bonds is 4. The third kappa shape index (κ3) is 3.59. The average molecular weight is 450 g/mol. The Labute approximate surface area is 189 Å². The van der Waals surface area contributed by atoms with Crippen LogP contribution in [0.15, 0.2) is 72.3 Å². The number of methoxy groups -OCH3 is 1. The number of amides is 1. The van der Waals surface area contributed by atoms with Crippen LogP contribution in [-0.4, -0.2) is 29.0 Å². The number of aryl methyl sites for hydroxylation is 1. The topological polar surface area (TPSA) is 87.1 Å². The van der Waals surface area contributed by atoms with Crippen LogP contribution in [0.1, 0.15) is 22.7 Å². The monoisotopic (exact) mass is 449 g/mol. The number of aromatic hydroxyl groups is 1. The van der Waals surface area contributed by atoms with E-state index in [9.17, 15) is 19.8 Å². The highest BCUT2D eigenvalue weighted by molar-refractivity contribution is 6.51. The van der Waals surface area contributed by atoms with Gasteiger partial charge in [0, 0.05) is 11.3 Å². The Morgan fingerprint density at radius 1 is 1.03 bits per heavy atom. The highest BCUT2D eigenvalue weighted by atomic mass is 35.5. The Morgan fingerprint density at radius 2 is 1.72 bits per heavy atom. The first-order valence-corrected chi connectivity index (χ1v) is 10.2. The number of ether oxygens (including phenoxy) is 1. The Balaban J connectivity index is 1.97. The van der Waals surface area contributed by atoms with Crippen LogP contribution in [0.5, 0.6) is 11.5 Å². The van der Waals surface area contributed by atoms with Crippen molar-refractivity contribution in [1.29, 1.82) is 0 Å². The second-order valence-corrected chi connectivity index (χ2v) is 7.80. The molecule has 1 aliphatic rings. The summed E-state index contributed by atoms with van der Waals surface area (Å²) in [5.74, 6) is -1.53. The van der Waals surface area contributed by atoms with Crippen LogP contribution in [0.2, 0.25) is 5.02 Å². The second kappa shape index (κ2) is 8.40. The zero-order chi connectivity index (χ0) is 23.0. The summed E-state index contributed by atoms with van der Waals surface area (Å²) in [5, 5.41) is 21.3. The van der Waals surface area contributed by atoms with Gasteiger partial charge in [-0.15, -0.1) is 0 Å². The van der Waals surface area contributed by atoms with Crippen molar-refractivity contribution < 1.29 is 24.5 Å². The number of Topliss-reactive ketones (excluding diaryl/α,β-unsaturated/α-hetero) is 1. The van der Waals surface area contributed by atoms with E-state index in [1.165, 1.54) is 30.2 Å². The maximum atomic E-state index is 13.2. The van der Waals surface area contributed by atoms with Gasteiger partial charge in [0.1, 0.15) is 17.3 Å². The van der Waals surface area contributed by atoms with Gasteiger partial charge in [-0.3, -0.25) is 14.5 Å². The molecule has 3 aromatic carbocycles. The van der Waals surface area contributed by atoms with Gasteiger partial charge in [-0.05, 0) is 54.4 Å². The molecule has 3 aromatic rings. The molecule has 6 nitrogen and oxygen atoms in total. The number of carbonyl (C=O) groups excluding carboxylic acids is 2. The van der Waals surface area contributed by atoms with Crippen molar-refractivity contribution in [2.75, 3.05) is 12.0 Å². The van der Waals surface area contributed by atoms with E-state index in [4.69, 9.17) is 16.3 Å². The van der Waals surface area contributed by atoms with Crippen LogP contribution in [0, 0.1) is 6.92 Å². The Kier molecular flexibility index (Phi) is 5.63. The minimum absolute atomic E-state index is 0.0454. The van der Waals surface area contributed by atoms with Crippen molar-refractivity contribution in [3.63, 3.8) is 0 Å². The number of aliphatic hydroxyl groups excluding tert-OH is 1. The maximum Gasteiger partial charge on any atom is 0.300 e. The number of hydrogen-bond acceptors (Lipinski definition) is 5. The van der Waals surface area contributed by atoms with Crippen LogP contribution in [0.4, 0.5) is 5.69 Å². The lowest BCUT2D eigenvalue weighted by atomic mass is 9.94. The number of phenols is 1. The third-order valence-electron chi connectivity index (χ3n) is 5.45. The molecule has 0 spiro atoms. The molecule has 7 heteroatoms. The van der Waals surface area contributed by atoms with E-state index in [0.717, 1.165) is 5.56 Å². The average Bonchev–Trinajstić information content (AvgIpc) is 3.05. The van der Waals surface area contributed by atoms with E-state index in [0.29, 0.717) is 22.0 Å². The number of halogens is 1. The van der Waals surface area contributed by atoms with Gasteiger partial charge >= 0.3 is 0 Å². The lowest BCUT2D eigenvalue weighted by Gasteiger charge is -2.26. The zero-order valence-electron chi connectivity index (χ0n) is 17.4. The molecule has 1 aliphatic heterocycles. The number of benzene rings is 3. The van der Waals surface area contributed by atoms with Crippen molar-refractivity contribution in [1.82, 2.24) is 0 Å². The van der Waals surface area contributed by atoms with Crippen molar-refractivity contribution in [3.8, 4) is 11.5 Å². The molecule has 0 saturated carbocycles. The summed E-state index contributed by atoms with van der Waals surface area (Å²) < 4.78 is 5.22. The molecule has 162 valence electrons. The highest BCUT2D eigenvalue weighted by Gasteiger charge is 2.47. The fourth-order valence-electron chi connectivity index (χ4n) is 3.85. The third-order valence-corrected chi connectivity index (χ3v) is 5.77. The van der Waals surface area contributed by atoms with Gasteiger partial charge in [0.25, 0.3) is 11.7 Å². The minimum Gasteiger partial charge on any atom is -0.508 e. The summed E-state index contributed by atoms with van der Waals surface area (Å²) in [5.41, 5.74) is 2.14. The summed E-state index contributed by atoms with van der Waals surface area (Å²) in [6.07, 6.45) is 0. The molecule has 1 heterocycles. The van der Waals surface area contributed by atoms with Gasteiger partial charge < -0.3 is 14.9 Å². The first kappa shape index (κ1) is 21.5. The van der Waals surface area contributed by atoms with Crippen molar-refractivity contribution in [2.24, 2.45) is 0 Å². The molecular weight excluding hydrogens is 430 g/mol. The van der Waals surface area contributed by atoms with Crippen LogP contribution < -0.4 is 9.64 Å². The lowest BCUT2D eigenvalue weighted by molar-refractivity contribution is -0.132. The molecule has 32 heavy (non-hydrogen) atoms. The Morgan fingerprint density at radius 3 is 2.38 bits per heavy atom. The van der Waals surface area contributed by atoms with Crippen LogP contribution in [0.3, 0.4) is 0 Å². The molecule has 0 bridgehead atoms. The molecule has 2 N–H and O–H groups in total. The molecular formula is C25H20ClNO5. The molecule has 0 aliphatic carbocycles. The number of phenolic OH excluding ortho intramolecular Hbond substituents is 1. The van der Waals surface area contributed by atoms with E-state index in [2.05, 4.69) is 0 Å². The zero-order valence-corrected chi connectivity index (χ0v) is 18.1. The molecule has 1 amide bonds. The van der Waals surface area contributed by atoms with Gasteiger partial charge in [-0.1, -0.05) is 41.9 Å². The van der Waals surface area contributed by atoms with Crippen LogP contribution in [0.25, 0.3) is 5.76 Å². The van der Waals surface area contributed by atoms with Crippen molar-refractivity contribution >= 4 is 34.7 Å². The fourth-order valence-corrected chi connectivity index (χ4v) is 4.04. The molecule has 1 atom stereocenters. The first-order chi connectivity index (χ1) is 15.3. The van der Waals surface area contributed by atoms with Gasteiger partial charge in [-0.2, -0.15) is 0 Å². The molecule has 0 radical (unpaired) electrons. The predicted molar refractivity (Wildman–Crippen MR) is 122 cm³/mol. The standard InChI is InChI=1S/C25H20ClNO5/c1-14-5-3-4-6-19(14)27-22(15-7-10-17(28)11-8-15)21(24(30)25(27)31)23(29)16-9-12-18(26)20(13-16)32-2/h3-13,22,28-29H,1-2H3/b23-21-. The summed E-state index contributed by atoms with van der Waals surface area (Å²) in [6, 6.07) is 17.1. The van der Waals surface area contributed by atoms with E-state index in [-0.39, 0.29) is 22.6 Å². The predicted octanol–water partition coefficient (Wildman–Crippen LogP) is 4.99. The summed E-state index contributed by atoms with van der Waals surface area (Å²) in [4.78, 5) is 27.7. The van der Waals surface area contributed by atoms with Gasteiger partial charge in [0.2, 0.25) is 0 Å². The summed E-state index contributed by atoms with van der Waals surface area (Å²) in [6.45, 7) is 1.84. The number of carbonyl (C=O) groups is 2. The number of ketones is 1. The molecule has 1 fully saturated rings. The number of anilines is 1. The number of aliphatic hydroxyl groups is 1. The lowest BCUT2D eigenvalue weighted by Crippen LogP contribution is -2.30. The SMILES string of the molecule is COc1cc(/C(O)=C2/C(=O)C(=O)N(c3ccccc3C)C2c2ccc(O)cc2)ccc1Cl. The number of hydrogen-bond donors (Lipinski definition) is 2. The number of nitrogens with zero attached hydrogens (tertiary/aromatic N) is 1. The van der Waals surface area contributed by atoms with Gasteiger partial charge in [0.05, 0.1) is 23.7 Å². The second-order valence-electron chi connectivity index (χ2n) is 7.40. The summed E-state index contributed by atoms with van der Waals surface area (Å²) in [7, 11) is 1.44. The van der Waals surface area contributed by atoms with Crippen LogP contribution >= 0.6 is 11.6 Å². The van der Waals surface area contributed by atoms with E-state index in [1.54, 1.807) is 36.4 Å². The fraction of sp³-hybridized carbons (Fsp3) is 0.120. The Bertz CT molecular complexity index is 1250. The molecule has 1 unspecified atom stereocenters. The van der Waals surface area contributed by atoms with Crippen molar-refractivity contribution in [3.05, 3.63) is 94.0 Å². The normalized spacial score (nSPS) is 17.6. The maximum absolute atomic E-state index is 13.2. The minimum atomic E-state index is -0.890. The molecule has 4 rings (SSSR count). The van der Waals surface area contributed by atoms with Crippen molar-refractivity contribution in [2.45, 2.75) is 13.0 Å². The first-order valence-electron chi connectivity index (χ1n) is 9.83. The van der Waals surface area contributed by atoms with E-state index in [1.807, 2.05) is 19.1 Å².